The van der Waals surface area contributed by atoms with Gasteiger partial charge in [-0.15, -0.1) is 0 Å². The lowest BCUT2D eigenvalue weighted by atomic mass is 10.1. The molecule has 0 radical (unpaired) electrons. The van der Waals surface area contributed by atoms with Crippen LogP contribution in [0.1, 0.15) is 76.4 Å². The minimum atomic E-state index is -0.391. The van der Waals surface area contributed by atoms with E-state index in [9.17, 15) is 9.59 Å². The van der Waals surface area contributed by atoms with Gasteiger partial charge in [0.05, 0.1) is 29.0 Å². The average molecular weight is 626 g/mol. The number of benzene rings is 2. The van der Waals surface area contributed by atoms with Gasteiger partial charge < -0.3 is 15.4 Å². The molecule has 6 rings (SSSR count). The van der Waals surface area contributed by atoms with Gasteiger partial charge in [0.25, 0.3) is 5.56 Å². The molecule has 1 amide bonds. The molecule has 13 heteroatoms. The third-order valence-corrected chi connectivity index (χ3v) is 8.31. The second kappa shape index (κ2) is 14.5. The summed E-state index contributed by atoms with van der Waals surface area (Å²) in [6, 6.07) is 14.8. The first-order chi connectivity index (χ1) is 22.6. The maximum Gasteiger partial charge on any atom is 0.268 e. The van der Waals surface area contributed by atoms with Crippen molar-refractivity contribution in [1.29, 1.82) is 0 Å². The van der Waals surface area contributed by atoms with E-state index in [1.54, 1.807) is 16.4 Å². The first-order valence-electron chi connectivity index (χ1n) is 15.9. The predicted molar refractivity (Wildman–Crippen MR) is 175 cm³/mol. The van der Waals surface area contributed by atoms with E-state index in [0.29, 0.717) is 71.1 Å². The predicted octanol–water partition coefficient (Wildman–Crippen LogP) is 5.27. The standard InChI is InChI=1S/C33H39N9O4/c1-2-23(38-30-29-32(36-20-35-30)41(21-37-29)27-17-8-10-19-46-27)31-39-25-15-11-14-24(34-18-9-4-7-16-26(43)40-45)28(25)33(44)42(31)22-12-5-3-6-13-22/h3,5-6,11-15,20-21,23,27,34,45H,2,4,7-10,16-19H2,1H3,(H,40,43)(H,35,36,38)/t23-,27?/m0/s1. The molecule has 5 aromatic rings. The van der Waals surface area contributed by atoms with Gasteiger partial charge in [0.1, 0.15) is 18.4 Å². The zero-order valence-corrected chi connectivity index (χ0v) is 25.9. The van der Waals surface area contributed by atoms with Crippen molar-refractivity contribution in [2.24, 2.45) is 0 Å². The highest BCUT2D eigenvalue weighted by molar-refractivity contribution is 5.91. The van der Waals surface area contributed by atoms with Crippen molar-refractivity contribution in [1.82, 2.24) is 34.6 Å². The second-order valence-corrected chi connectivity index (χ2v) is 11.4. The molecule has 0 spiro atoms. The molecule has 1 aliphatic heterocycles. The van der Waals surface area contributed by atoms with Crippen LogP contribution in [0.5, 0.6) is 0 Å². The van der Waals surface area contributed by atoms with Crippen molar-refractivity contribution in [3.8, 4) is 5.69 Å². The lowest BCUT2D eigenvalue weighted by Gasteiger charge is -2.24. The van der Waals surface area contributed by atoms with Crippen molar-refractivity contribution < 1.29 is 14.7 Å². The number of ether oxygens (including phenoxy) is 1. The minimum Gasteiger partial charge on any atom is -0.384 e. The first kappa shape index (κ1) is 31.1. The van der Waals surface area contributed by atoms with Crippen LogP contribution in [0.3, 0.4) is 0 Å². The summed E-state index contributed by atoms with van der Waals surface area (Å²) in [7, 11) is 0. The fraction of sp³-hybridized carbons (Fsp3) is 0.394. The van der Waals surface area contributed by atoms with E-state index in [1.165, 1.54) is 6.33 Å². The topological polar surface area (TPSA) is 161 Å². The number of amides is 1. The highest BCUT2D eigenvalue weighted by Crippen LogP contribution is 2.30. The monoisotopic (exact) mass is 625 g/mol. The fourth-order valence-electron chi connectivity index (χ4n) is 5.95. The van der Waals surface area contributed by atoms with Gasteiger partial charge >= 0.3 is 0 Å². The molecule has 240 valence electrons. The Bertz CT molecular complexity index is 1850. The van der Waals surface area contributed by atoms with Crippen LogP contribution < -0.4 is 21.7 Å². The third-order valence-electron chi connectivity index (χ3n) is 8.31. The third kappa shape index (κ3) is 6.56. The number of para-hydroxylation sites is 1. The maximum atomic E-state index is 14.4. The van der Waals surface area contributed by atoms with E-state index in [1.807, 2.05) is 60.0 Å². The SMILES string of the molecule is CC[C@H](Nc1ncnc2c1ncn2C1CCCCO1)c1nc2cccc(NCCCCCC(=O)NO)c2c(=O)n1-c1ccccc1. The number of nitrogens with zero attached hydrogens (tertiary/aromatic N) is 6. The van der Waals surface area contributed by atoms with Crippen LogP contribution in [0.2, 0.25) is 0 Å². The largest absolute Gasteiger partial charge is 0.384 e. The van der Waals surface area contributed by atoms with Gasteiger partial charge in [0.15, 0.2) is 17.0 Å². The van der Waals surface area contributed by atoms with Gasteiger partial charge in [-0.05, 0) is 62.8 Å². The quantitative estimate of drug-likeness (QED) is 0.0771. The van der Waals surface area contributed by atoms with Crippen molar-refractivity contribution in [2.75, 3.05) is 23.8 Å². The lowest BCUT2D eigenvalue weighted by molar-refractivity contribution is -0.129. The van der Waals surface area contributed by atoms with Crippen LogP contribution in [-0.2, 0) is 9.53 Å². The number of unbranched alkanes of at least 4 members (excludes halogenated alkanes) is 2. The number of hydroxylamine groups is 1. The van der Waals surface area contributed by atoms with E-state index in [0.717, 1.165) is 32.1 Å². The van der Waals surface area contributed by atoms with Gasteiger partial charge in [-0.25, -0.2) is 25.4 Å². The smallest absolute Gasteiger partial charge is 0.268 e. The molecule has 0 aliphatic carbocycles. The molecule has 2 aromatic carbocycles. The van der Waals surface area contributed by atoms with Crippen molar-refractivity contribution in [3.63, 3.8) is 0 Å². The van der Waals surface area contributed by atoms with Crippen LogP contribution in [-0.4, -0.2) is 53.3 Å². The van der Waals surface area contributed by atoms with E-state index in [-0.39, 0.29) is 24.2 Å². The molecule has 1 unspecified atom stereocenters. The summed E-state index contributed by atoms with van der Waals surface area (Å²) in [4.78, 5) is 44.5. The zero-order chi connectivity index (χ0) is 31.9. The number of carbonyl (C=O) groups is 1. The number of imidazole rings is 1. The first-order valence-corrected chi connectivity index (χ1v) is 15.9. The maximum absolute atomic E-state index is 14.4. The fourth-order valence-corrected chi connectivity index (χ4v) is 5.95. The number of aromatic nitrogens is 6. The van der Waals surface area contributed by atoms with E-state index in [4.69, 9.17) is 14.9 Å². The summed E-state index contributed by atoms with van der Waals surface area (Å²) in [5.74, 6) is 0.734. The van der Waals surface area contributed by atoms with Crippen LogP contribution in [0.25, 0.3) is 27.8 Å². The Morgan fingerprint density at radius 3 is 2.72 bits per heavy atom. The Hall–Kier alpha value is -4.88. The molecule has 13 nitrogen and oxygen atoms in total. The molecule has 2 atom stereocenters. The van der Waals surface area contributed by atoms with Crippen LogP contribution in [0.4, 0.5) is 11.5 Å². The van der Waals surface area contributed by atoms with Crippen LogP contribution >= 0.6 is 0 Å². The van der Waals surface area contributed by atoms with E-state index < -0.39 is 5.91 Å². The Morgan fingerprint density at radius 1 is 1.07 bits per heavy atom. The summed E-state index contributed by atoms with van der Waals surface area (Å²) in [5, 5.41) is 16.1. The van der Waals surface area contributed by atoms with Gasteiger partial charge in [-0.3, -0.25) is 23.9 Å². The molecule has 1 fully saturated rings. The van der Waals surface area contributed by atoms with Crippen molar-refractivity contribution in [3.05, 3.63) is 77.4 Å². The normalized spacial score (nSPS) is 15.6. The second-order valence-electron chi connectivity index (χ2n) is 11.4. The van der Waals surface area contributed by atoms with Gasteiger partial charge in [-0.1, -0.05) is 37.6 Å². The van der Waals surface area contributed by atoms with Crippen molar-refractivity contribution in [2.45, 2.75) is 70.6 Å². The summed E-state index contributed by atoms with van der Waals surface area (Å²) < 4.78 is 9.64. The number of hydrogen-bond donors (Lipinski definition) is 4. The minimum absolute atomic E-state index is 0.107. The number of anilines is 2. The highest BCUT2D eigenvalue weighted by atomic mass is 16.5. The number of carbonyl (C=O) groups excluding carboxylic acids is 1. The molecule has 1 aliphatic rings. The summed E-state index contributed by atoms with van der Waals surface area (Å²) in [6.45, 7) is 3.37. The molecule has 0 bridgehead atoms. The van der Waals surface area contributed by atoms with Gasteiger partial charge in [0.2, 0.25) is 5.91 Å². The highest BCUT2D eigenvalue weighted by Gasteiger charge is 2.25. The molecule has 4 N–H and O–H groups in total. The molecule has 46 heavy (non-hydrogen) atoms. The average Bonchev–Trinajstić information content (AvgIpc) is 3.54. The van der Waals surface area contributed by atoms with Crippen LogP contribution in [0, 0.1) is 0 Å². The molecule has 1 saturated heterocycles. The Kier molecular flexibility index (Phi) is 9.79. The number of hydrogen-bond acceptors (Lipinski definition) is 10. The summed E-state index contributed by atoms with van der Waals surface area (Å²) in [6.07, 6.45) is 9.36. The summed E-state index contributed by atoms with van der Waals surface area (Å²) in [5.41, 5.74) is 4.80. The zero-order valence-electron chi connectivity index (χ0n) is 25.9. The molecular weight excluding hydrogens is 586 g/mol. The van der Waals surface area contributed by atoms with Crippen LogP contribution in [0.15, 0.2) is 66.0 Å². The van der Waals surface area contributed by atoms with E-state index >= 15 is 0 Å². The summed E-state index contributed by atoms with van der Waals surface area (Å²) >= 11 is 0. The van der Waals surface area contributed by atoms with E-state index in [2.05, 4.69) is 25.6 Å². The number of fused-ring (bicyclic) bond motifs is 2. The Balaban J connectivity index is 1.34. The Morgan fingerprint density at radius 2 is 1.93 bits per heavy atom. The number of nitrogens with one attached hydrogen (secondary N) is 3. The lowest BCUT2D eigenvalue weighted by Crippen LogP contribution is -2.29. The molecule has 0 saturated carbocycles. The Labute approximate surface area is 266 Å². The molecule has 3 aromatic heterocycles. The van der Waals surface area contributed by atoms with Gasteiger partial charge in [0, 0.05) is 25.3 Å². The molecule has 4 heterocycles. The molecular formula is C33H39N9O4. The van der Waals surface area contributed by atoms with Crippen molar-refractivity contribution >= 4 is 39.5 Å². The number of rotatable bonds is 13. The van der Waals surface area contributed by atoms with Gasteiger partial charge in [-0.2, -0.15) is 0 Å².